The molecule has 1 aromatic carbocycles. The molecule has 1 N–H and O–H groups in total. The van der Waals surface area contributed by atoms with Gasteiger partial charge in [-0.2, -0.15) is 0 Å². The van der Waals surface area contributed by atoms with Crippen molar-refractivity contribution < 1.29 is 14.2 Å². The van der Waals surface area contributed by atoms with Crippen molar-refractivity contribution in [2.24, 2.45) is 0 Å². The standard InChI is InChI=1S/C16H18N2O3/c1-2-17-9-13-7-15-16(21-11-20-15)8-14(13)19-10-12-3-5-18-6-4-12/h3-8,17H,2,9-11H2,1H3. The molecule has 1 aromatic heterocycles. The molecule has 0 unspecified atom stereocenters. The first-order chi connectivity index (χ1) is 10.4. The average molecular weight is 286 g/mol. The highest BCUT2D eigenvalue weighted by Crippen LogP contribution is 2.38. The molecular weight excluding hydrogens is 268 g/mol. The maximum atomic E-state index is 5.94. The lowest BCUT2D eigenvalue weighted by Crippen LogP contribution is -2.13. The van der Waals surface area contributed by atoms with Crippen LogP contribution in [0.25, 0.3) is 0 Å². The first-order valence-electron chi connectivity index (χ1n) is 7.01. The number of fused-ring (bicyclic) bond motifs is 1. The monoisotopic (exact) mass is 286 g/mol. The molecule has 3 rings (SSSR count). The first kappa shape index (κ1) is 13.7. The lowest BCUT2D eigenvalue weighted by molar-refractivity contribution is 0.173. The molecule has 0 bridgehead atoms. The minimum atomic E-state index is 0.268. The van der Waals surface area contributed by atoms with Crippen molar-refractivity contribution in [2.45, 2.75) is 20.1 Å². The second-order valence-corrected chi connectivity index (χ2v) is 4.74. The van der Waals surface area contributed by atoms with Crippen LogP contribution in [0.3, 0.4) is 0 Å². The Morgan fingerprint density at radius 1 is 1.19 bits per heavy atom. The topological polar surface area (TPSA) is 52.6 Å². The third-order valence-corrected chi connectivity index (χ3v) is 3.26. The van der Waals surface area contributed by atoms with E-state index in [9.17, 15) is 0 Å². The van der Waals surface area contributed by atoms with Crippen LogP contribution in [0.15, 0.2) is 36.7 Å². The fourth-order valence-electron chi connectivity index (χ4n) is 2.14. The zero-order chi connectivity index (χ0) is 14.5. The third-order valence-electron chi connectivity index (χ3n) is 3.26. The predicted molar refractivity (Wildman–Crippen MR) is 78.5 cm³/mol. The second-order valence-electron chi connectivity index (χ2n) is 4.74. The van der Waals surface area contributed by atoms with Crippen molar-refractivity contribution in [3.63, 3.8) is 0 Å². The van der Waals surface area contributed by atoms with Crippen LogP contribution in [0.2, 0.25) is 0 Å². The van der Waals surface area contributed by atoms with Gasteiger partial charge in [0.15, 0.2) is 11.5 Å². The van der Waals surface area contributed by atoms with E-state index in [1.165, 1.54) is 0 Å². The average Bonchev–Trinajstić information content (AvgIpc) is 2.98. The number of nitrogens with zero attached hydrogens (tertiary/aromatic N) is 1. The van der Waals surface area contributed by atoms with Gasteiger partial charge in [0.1, 0.15) is 12.4 Å². The maximum absolute atomic E-state index is 5.94. The number of aromatic nitrogens is 1. The Labute approximate surface area is 123 Å². The zero-order valence-corrected chi connectivity index (χ0v) is 12.0. The van der Waals surface area contributed by atoms with Gasteiger partial charge in [0.2, 0.25) is 6.79 Å². The van der Waals surface area contributed by atoms with E-state index in [-0.39, 0.29) is 6.79 Å². The molecule has 5 heteroatoms. The van der Waals surface area contributed by atoms with E-state index in [4.69, 9.17) is 14.2 Å². The molecule has 0 amide bonds. The molecule has 5 nitrogen and oxygen atoms in total. The van der Waals surface area contributed by atoms with E-state index < -0.39 is 0 Å². The number of hydrogen-bond acceptors (Lipinski definition) is 5. The number of ether oxygens (including phenoxy) is 3. The van der Waals surface area contributed by atoms with Gasteiger partial charge in [-0.05, 0) is 30.3 Å². The summed E-state index contributed by atoms with van der Waals surface area (Å²) in [5, 5.41) is 3.31. The zero-order valence-electron chi connectivity index (χ0n) is 12.0. The summed E-state index contributed by atoms with van der Waals surface area (Å²) in [7, 11) is 0. The van der Waals surface area contributed by atoms with Crippen LogP contribution in [0, 0.1) is 0 Å². The number of nitrogens with one attached hydrogen (secondary N) is 1. The molecule has 21 heavy (non-hydrogen) atoms. The molecular formula is C16H18N2O3. The van der Waals surface area contributed by atoms with Gasteiger partial charge in [0.05, 0.1) is 0 Å². The van der Waals surface area contributed by atoms with Crippen LogP contribution >= 0.6 is 0 Å². The lowest BCUT2D eigenvalue weighted by atomic mass is 10.1. The summed E-state index contributed by atoms with van der Waals surface area (Å²) in [6.45, 7) is 4.48. The van der Waals surface area contributed by atoms with Crippen molar-refractivity contribution >= 4 is 0 Å². The van der Waals surface area contributed by atoms with Crippen LogP contribution in [-0.2, 0) is 13.2 Å². The molecule has 2 heterocycles. The van der Waals surface area contributed by atoms with E-state index in [1.54, 1.807) is 12.4 Å². The normalized spacial score (nSPS) is 12.4. The molecule has 0 aliphatic carbocycles. The van der Waals surface area contributed by atoms with Gasteiger partial charge in [-0.15, -0.1) is 0 Å². The summed E-state index contributed by atoms with van der Waals surface area (Å²) < 4.78 is 16.8. The summed E-state index contributed by atoms with van der Waals surface area (Å²) >= 11 is 0. The Bertz CT molecular complexity index is 602. The van der Waals surface area contributed by atoms with Gasteiger partial charge in [-0.1, -0.05) is 6.92 Å². The Hall–Kier alpha value is -2.27. The minimum Gasteiger partial charge on any atom is -0.488 e. The Morgan fingerprint density at radius 3 is 2.71 bits per heavy atom. The molecule has 0 saturated heterocycles. The summed E-state index contributed by atoms with van der Waals surface area (Å²) in [5.74, 6) is 2.33. The van der Waals surface area contributed by atoms with Crippen molar-refractivity contribution in [1.82, 2.24) is 10.3 Å². The van der Waals surface area contributed by atoms with Crippen molar-refractivity contribution in [2.75, 3.05) is 13.3 Å². The second kappa shape index (κ2) is 6.45. The largest absolute Gasteiger partial charge is 0.488 e. The number of hydrogen-bond donors (Lipinski definition) is 1. The number of benzene rings is 1. The van der Waals surface area contributed by atoms with Gasteiger partial charge in [0.25, 0.3) is 0 Å². The Morgan fingerprint density at radius 2 is 1.95 bits per heavy atom. The molecule has 0 atom stereocenters. The summed E-state index contributed by atoms with van der Waals surface area (Å²) in [6.07, 6.45) is 3.52. The molecule has 2 aromatic rings. The van der Waals surface area contributed by atoms with Crippen LogP contribution in [0.1, 0.15) is 18.1 Å². The predicted octanol–water partition coefficient (Wildman–Crippen LogP) is 2.50. The van der Waals surface area contributed by atoms with Crippen LogP contribution in [0.5, 0.6) is 17.2 Å². The highest BCUT2D eigenvalue weighted by atomic mass is 16.7. The highest BCUT2D eigenvalue weighted by Gasteiger charge is 2.18. The van der Waals surface area contributed by atoms with Crippen LogP contribution in [-0.4, -0.2) is 18.3 Å². The van der Waals surface area contributed by atoms with E-state index >= 15 is 0 Å². The van der Waals surface area contributed by atoms with E-state index in [0.717, 1.165) is 41.5 Å². The van der Waals surface area contributed by atoms with Gasteiger partial charge in [0, 0.05) is 30.6 Å². The minimum absolute atomic E-state index is 0.268. The SMILES string of the molecule is CCNCc1cc2c(cc1OCc1ccncc1)OCO2. The third kappa shape index (κ3) is 3.25. The number of pyridine rings is 1. The Kier molecular flexibility index (Phi) is 4.21. The molecule has 1 aliphatic rings. The maximum Gasteiger partial charge on any atom is 0.231 e. The summed E-state index contributed by atoms with van der Waals surface area (Å²) in [6, 6.07) is 7.76. The molecule has 110 valence electrons. The van der Waals surface area contributed by atoms with Gasteiger partial charge in [-0.3, -0.25) is 4.98 Å². The van der Waals surface area contributed by atoms with E-state index in [1.807, 2.05) is 24.3 Å². The van der Waals surface area contributed by atoms with Crippen molar-refractivity contribution in [3.05, 3.63) is 47.8 Å². The number of rotatable bonds is 6. The lowest BCUT2D eigenvalue weighted by Gasteiger charge is -2.13. The summed E-state index contributed by atoms with van der Waals surface area (Å²) in [4.78, 5) is 4.00. The highest BCUT2D eigenvalue weighted by molar-refractivity contribution is 5.51. The molecule has 0 saturated carbocycles. The molecule has 1 aliphatic heterocycles. The summed E-state index contributed by atoms with van der Waals surface area (Å²) in [5.41, 5.74) is 2.15. The fraction of sp³-hybridized carbons (Fsp3) is 0.312. The van der Waals surface area contributed by atoms with Gasteiger partial charge < -0.3 is 19.5 Å². The molecule has 0 fully saturated rings. The molecule has 0 radical (unpaired) electrons. The van der Waals surface area contributed by atoms with Crippen LogP contribution in [0.4, 0.5) is 0 Å². The molecule has 0 spiro atoms. The van der Waals surface area contributed by atoms with E-state index in [2.05, 4.69) is 17.2 Å². The first-order valence-corrected chi connectivity index (χ1v) is 7.01. The van der Waals surface area contributed by atoms with Crippen molar-refractivity contribution in [3.8, 4) is 17.2 Å². The van der Waals surface area contributed by atoms with E-state index in [0.29, 0.717) is 6.61 Å². The smallest absolute Gasteiger partial charge is 0.231 e. The fourth-order valence-corrected chi connectivity index (χ4v) is 2.14. The van der Waals surface area contributed by atoms with Gasteiger partial charge in [-0.25, -0.2) is 0 Å². The quantitative estimate of drug-likeness (QED) is 0.884. The van der Waals surface area contributed by atoms with Crippen LogP contribution < -0.4 is 19.5 Å². The van der Waals surface area contributed by atoms with Crippen molar-refractivity contribution in [1.29, 1.82) is 0 Å². The van der Waals surface area contributed by atoms with Gasteiger partial charge >= 0.3 is 0 Å². The Balaban J connectivity index is 1.78.